The summed E-state index contributed by atoms with van der Waals surface area (Å²) in [6, 6.07) is 18.5. The molecule has 0 saturated carbocycles. The number of hydrogen-bond acceptors (Lipinski definition) is 5. The number of aromatic amines is 1. The van der Waals surface area contributed by atoms with E-state index in [4.69, 9.17) is 0 Å². The Hall–Kier alpha value is -4.60. The van der Waals surface area contributed by atoms with Gasteiger partial charge in [-0.25, -0.2) is 8.78 Å². The van der Waals surface area contributed by atoms with Gasteiger partial charge < -0.3 is 20.5 Å². The molecule has 5 rings (SSSR count). The Labute approximate surface area is 236 Å². The zero-order valence-electron chi connectivity index (χ0n) is 22.6. The van der Waals surface area contributed by atoms with Gasteiger partial charge in [-0.15, -0.1) is 0 Å². The monoisotopic (exact) mass is 556 g/mol. The highest BCUT2D eigenvalue weighted by molar-refractivity contribution is 5.90. The van der Waals surface area contributed by atoms with E-state index in [0.29, 0.717) is 22.4 Å². The molecule has 0 aliphatic heterocycles. The first-order valence-electron chi connectivity index (χ1n) is 13.1. The van der Waals surface area contributed by atoms with E-state index in [9.17, 15) is 23.8 Å². The number of phenolic OH excluding ortho intramolecular Hbond substituents is 1. The Balaban J connectivity index is 1.48. The molecule has 9 heteroatoms. The first kappa shape index (κ1) is 27.9. The molecule has 4 N–H and O–H groups in total. The number of benzene rings is 3. The highest BCUT2D eigenvalue weighted by Gasteiger charge is 2.22. The lowest BCUT2D eigenvalue weighted by Crippen LogP contribution is -2.32. The number of aliphatic hydroxyl groups excluding tert-OH is 1. The number of rotatable bonds is 9. The molecule has 2 atom stereocenters. The summed E-state index contributed by atoms with van der Waals surface area (Å²) in [5.41, 5.74) is 4.63. The molecule has 1 amide bonds. The maximum atomic E-state index is 14.1. The predicted octanol–water partition coefficient (Wildman–Crippen LogP) is 5.41. The van der Waals surface area contributed by atoms with Gasteiger partial charge in [0, 0.05) is 34.9 Å². The van der Waals surface area contributed by atoms with Crippen molar-refractivity contribution in [2.45, 2.75) is 25.1 Å². The average molecular weight is 557 g/mol. The second kappa shape index (κ2) is 11.9. The van der Waals surface area contributed by atoms with Crippen molar-refractivity contribution in [2.75, 3.05) is 14.1 Å². The number of nitrogens with one attached hydrogen (secondary N) is 2. The Morgan fingerprint density at radius 2 is 1.76 bits per heavy atom. The van der Waals surface area contributed by atoms with Crippen LogP contribution < -0.4 is 5.32 Å². The van der Waals surface area contributed by atoms with Gasteiger partial charge in [0.05, 0.1) is 18.2 Å². The standard InChI is InChI=1S/C32H30F2N4O3/c1-38(2)32(41)21-7-5-20(6-8-21)26-4-3-11-35-31(26)29(14-19-12-23(33)16-24(34)13-19)37-30(40)15-22-18-36-28-10-9-25(39)17-27(22)28/h3-13,16-18,29,32,36,39,41H,14-15H2,1-2H3,(H,37,40)/t29-,32?/m0/s1. The molecule has 7 nitrogen and oxygen atoms in total. The summed E-state index contributed by atoms with van der Waals surface area (Å²) >= 11 is 0. The van der Waals surface area contributed by atoms with Gasteiger partial charge in [0.1, 0.15) is 23.6 Å². The molecule has 0 aliphatic rings. The second-order valence-electron chi connectivity index (χ2n) is 10.2. The third kappa shape index (κ3) is 6.42. The van der Waals surface area contributed by atoms with Crippen molar-refractivity contribution in [3.05, 3.63) is 119 Å². The molecular weight excluding hydrogens is 526 g/mol. The fraction of sp³-hybridized carbons (Fsp3) is 0.188. The summed E-state index contributed by atoms with van der Waals surface area (Å²) in [6.07, 6.45) is 2.67. The quantitative estimate of drug-likeness (QED) is 0.182. The minimum Gasteiger partial charge on any atom is -0.508 e. The lowest BCUT2D eigenvalue weighted by atomic mass is 9.94. The van der Waals surface area contributed by atoms with Crippen LogP contribution in [0.1, 0.15) is 34.7 Å². The van der Waals surface area contributed by atoms with Crippen molar-refractivity contribution < 1.29 is 23.8 Å². The number of aromatic nitrogens is 2. The van der Waals surface area contributed by atoms with Gasteiger partial charge >= 0.3 is 0 Å². The molecule has 1 unspecified atom stereocenters. The topological polar surface area (TPSA) is 101 Å². The van der Waals surface area contributed by atoms with Crippen molar-refractivity contribution in [1.29, 1.82) is 0 Å². The third-order valence-corrected chi connectivity index (χ3v) is 6.98. The zero-order valence-corrected chi connectivity index (χ0v) is 22.6. The van der Waals surface area contributed by atoms with Crippen LogP contribution in [0.25, 0.3) is 22.0 Å². The molecule has 2 heterocycles. The molecule has 0 aliphatic carbocycles. The largest absolute Gasteiger partial charge is 0.508 e. The van der Waals surface area contributed by atoms with Crippen LogP contribution in [0.2, 0.25) is 0 Å². The van der Waals surface area contributed by atoms with E-state index in [-0.39, 0.29) is 24.5 Å². The number of halogens is 2. The van der Waals surface area contributed by atoms with Gasteiger partial charge in [0.15, 0.2) is 0 Å². The first-order valence-corrected chi connectivity index (χ1v) is 13.1. The number of phenols is 1. The Kier molecular flexibility index (Phi) is 8.09. The van der Waals surface area contributed by atoms with Gasteiger partial charge in [0.2, 0.25) is 5.91 Å². The van der Waals surface area contributed by atoms with E-state index in [1.807, 2.05) is 30.3 Å². The molecule has 5 aromatic rings. The van der Waals surface area contributed by atoms with Crippen molar-refractivity contribution in [3.63, 3.8) is 0 Å². The summed E-state index contributed by atoms with van der Waals surface area (Å²) in [7, 11) is 3.55. The Morgan fingerprint density at radius 3 is 2.46 bits per heavy atom. The van der Waals surface area contributed by atoms with Crippen molar-refractivity contribution in [1.82, 2.24) is 20.2 Å². The van der Waals surface area contributed by atoms with E-state index >= 15 is 0 Å². The van der Waals surface area contributed by atoms with Crippen LogP contribution in [0, 0.1) is 11.6 Å². The van der Waals surface area contributed by atoms with Crippen LogP contribution in [0.15, 0.2) is 85.2 Å². The average Bonchev–Trinajstić information content (AvgIpc) is 3.33. The molecule has 0 bridgehead atoms. The van der Waals surface area contributed by atoms with Crippen LogP contribution in [-0.2, 0) is 17.6 Å². The third-order valence-electron chi connectivity index (χ3n) is 6.98. The van der Waals surface area contributed by atoms with E-state index in [1.54, 1.807) is 55.7 Å². The summed E-state index contributed by atoms with van der Waals surface area (Å²) in [5, 5.41) is 24.1. The van der Waals surface area contributed by atoms with Crippen molar-refractivity contribution in [3.8, 4) is 16.9 Å². The van der Waals surface area contributed by atoms with Gasteiger partial charge in [-0.1, -0.05) is 30.3 Å². The van der Waals surface area contributed by atoms with Gasteiger partial charge in [0.25, 0.3) is 0 Å². The van der Waals surface area contributed by atoms with Crippen LogP contribution in [0.5, 0.6) is 5.75 Å². The normalized spacial score (nSPS) is 12.9. The Bertz CT molecular complexity index is 1660. The first-order chi connectivity index (χ1) is 19.7. The predicted molar refractivity (Wildman–Crippen MR) is 153 cm³/mol. The fourth-order valence-corrected chi connectivity index (χ4v) is 4.98. The minimum absolute atomic E-state index is 0.0107. The molecular formula is C32H30F2N4O3. The molecule has 0 saturated heterocycles. The maximum Gasteiger partial charge on any atom is 0.225 e. The molecule has 0 spiro atoms. The number of hydrogen-bond donors (Lipinski definition) is 4. The number of H-pyrrole nitrogens is 1. The lowest BCUT2D eigenvalue weighted by molar-refractivity contribution is -0.121. The van der Waals surface area contributed by atoms with Crippen LogP contribution in [0.4, 0.5) is 8.78 Å². The van der Waals surface area contributed by atoms with Crippen LogP contribution in [-0.4, -0.2) is 45.1 Å². The molecule has 3 aromatic carbocycles. The number of aromatic hydroxyl groups is 1. The molecule has 210 valence electrons. The maximum absolute atomic E-state index is 14.1. The number of pyridine rings is 1. The van der Waals surface area contributed by atoms with Crippen molar-refractivity contribution >= 4 is 16.8 Å². The summed E-state index contributed by atoms with van der Waals surface area (Å²) in [5.74, 6) is -1.65. The SMILES string of the molecule is CN(C)C(O)c1ccc(-c2cccnc2[C@H](Cc2cc(F)cc(F)c2)NC(=O)Cc2c[nH]c3ccc(O)cc23)cc1. The van der Waals surface area contributed by atoms with Crippen molar-refractivity contribution in [2.24, 2.45) is 0 Å². The second-order valence-corrected chi connectivity index (χ2v) is 10.2. The van der Waals surface area contributed by atoms with E-state index in [0.717, 1.165) is 28.1 Å². The summed E-state index contributed by atoms with van der Waals surface area (Å²) in [6.45, 7) is 0. The number of nitrogens with zero attached hydrogens (tertiary/aromatic N) is 2. The van der Waals surface area contributed by atoms with E-state index < -0.39 is 23.9 Å². The lowest BCUT2D eigenvalue weighted by Gasteiger charge is -2.22. The van der Waals surface area contributed by atoms with Crippen LogP contribution >= 0.6 is 0 Å². The van der Waals surface area contributed by atoms with E-state index in [1.165, 1.54) is 12.1 Å². The highest BCUT2D eigenvalue weighted by Crippen LogP contribution is 2.31. The Morgan fingerprint density at radius 1 is 1.02 bits per heavy atom. The molecule has 2 aromatic heterocycles. The number of carbonyl (C=O) groups excluding carboxylic acids is 1. The van der Waals surface area contributed by atoms with E-state index in [2.05, 4.69) is 15.3 Å². The van der Waals surface area contributed by atoms with Gasteiger partial charge in [-0.2, -0.15) is 0 Å². The van der Waals surface area contributed by atoms with Gasteiger partial charge in [-0.3, -0.25) is 14.7 Å². The molecule has 0 fully saturated rings. The fourth-order valence-electron chi connectivity index (χ4n) is 4.98. The molecule has 41 heavy (non-hydrogen) atoms. The number of carbonyl (C=O) groups is 1. The summed E-state index contributed by atoms with van der Waals surface area (Å²) in [4.78, 5) is 22.8. The molecule has 0 radical (unpaired) electrons. The highest BCUT2D eigenvalue weighted by atomic mass is 19.1. The number of amides is 1. The smallest absolute Gasteiger partial charge is 0.225 e. The number of aliphatic hydroxyl groups is 1. The minimum atomic E-state index is -0.765. The van der Waals surface area contributed by atoms with Crippen LogP contribution in [0.3, 0.4) is 0 Å². The van der Waals surface area contributed by atoms with Gasteiger partial charge in [-0.05, 0) is 79.2 Å². The zero-order chi connectivity index (χ0) is 29.1. The summed E-state index contributed by atoms with van der Waals surface area (Å²) < 4.78 is 28.2. The number of fused-ring (bicyclic) bond motifs is 1.